The maximum absolute atomic E-state index is 13.0. The van der Waals surface area contributed by atoms with Gasteiger partial charge in [-0.05, 0) is 25.1 Å². The highest BCUT2D eigenvalue weighted by Crippen LogP contribution is 2.37. The Hall–Kier alpha value is -1.18. The fourth-order valence-corrected chi connectivity index (χ4v) is 2.83. The molecule has 112 valence electrons. The minimum absolute atomic E-state index is 0.106. The van der Waals surface area contributed by atoms with Crippen LogP contribution in [0.2, 0.25) is 10.0 Å². The van der Waals surface area contributed by atoms with Crippen molar-refractivity contribution in [2.24, 2.45) is 0 Å². The maximum Gasteiger partial charge on any atom is 0.434 e. The third-order valence-corrected chi connectivity index (χ3v) is 4.19. The number of halogens is 5. The molecule has 9 heteroatoms. The van der Waals surface area contributed by atoms with E-state index in [0.29, 0.717) is 16.7 Å². The monoisotopic (exact) mass is 354 g/mol. The van der Waals surface area contributed by atoms with Gasteiger partial charge in [0.2, 0.25) is 0 Å². The highest BCUT2D eigenvalue weighted by molar-refractivity contribution is 7.99. The molecule has 0 saturated carbocycles. The van der Waals surface area contributed by atoms with Gasteiger partial charge in [0.15, 0.2) is 5.69 Å². The van der Waals surface area contributed by atoms with Crippen LogP contribution >= 0.6 is 35.0 Å². The lowest BCUT2D eigenvalue weighted by molar-refractivity contribution is -0.143. The van der Waals surface area contributed by atoms with E-state index < -0.39 is 22.3 Å². The van der Waals surface area contributed by atoms with Gasteiger partial charge in [-0.15, -0.1) is 0 Å². The first kappa shape index (κ1) is 16.2. The summed E-state index contributed by atoms with van der Waals surface area (Å²) in [5, 5.41) is 0.458. The highest BCUT2D eigenvalue weighted by Gasteiger charge is 2.37. The number of nitrogens with one attached hydrogen (secondary N) is 1. The van der Waals surface area contributed by atoms with Crippen molar-refractivity contribution in [3.05, 3.63) is 50.1 Å². The summed E-state index contributed by atoms with van der Waals surface area (Å²) in [5.41, 5.74) is -2.08. The Morgan fingerprint density at radius 3 is 2.48 bits per heavy atom. The molecule has 1 aromatic heterocycles. The van der Waals surface area contributed by atoms with Crippen LogP contribution in [0, 0.1) is 6.92 Å². The van der Waals surface area contributed by atoms with Crippen molar-refractivity contribution in [3.8, 4) is 0 Å². The van der Waals surface area contributed by atoms with E-state index >= 15 is 0 Å². The average Bonchev–Trinajstić information content (AvgIpc) is 2.35. The van der Waals surface area contributed by atoms with Gasteiger partial charge in [0, 0.05) is 4.90 Å². The molecule has 0 radical (unpaired) electrons. The van der Waals surface area contributed by atoms with Crippen LogP contribution in [-0.4, -0.2) is 9.97 Å². The minimum atomic E-state index is -4.72. The predicted molar refractivity (Wildman–Crippen MR) is 75.2 cm³/mol. The number of hydrogen-bond donors (Lipinski definition) is 1. The summed E-state index contributed by atoms with van der Waals surface area (Å²) in [6.07, 6.45) is -4.72. The number of alkyl halides is 3. The predicted octanol–water partition coefficient (Wildman–Crippen LogP) is 4.56. The van der Waals surface area contributed by atoms with E-state index in [9.17, 15) is 18.0 Å². The summed E-state index contributed by atoms with van der Waals surface area (Å²) in [5.74, 6) is -0.106. The number of rotatable bonds is 2. The Kier molecular flexibility index (Phi) is 4.55. The lowest BCUT2D eigenvalue weighted by atomic mass is 10.4. The van der Waals surface area contributed by atoms with Gasteiger partial charge >= 0.3 is 6.18 Å². The standard InChI is InChI=1S/C12H7Cl2F3N2OS/c1-5-18-10(12(15,16)17)9(11(20)19-5)21-6-2-3-7(13)8(14)4-6/h2-4H,1H3,(H,18,19,20). The molecular weight excluding hydrogens is 348 g/mol. The first-order valence-corrected chi connectivity index (χ1v) is 7.06. The zero-order valence-electron chi connectivity index (χ0n) is 10.4. The van der Waals surface area contributed by atoms with E-state index in [1.807, 2.05) is 0 Å². The molecule has 2 aromatic rings. The first-order valence-electron chi connectivity index (χ1n) is 5.49. The zero-order valence-corrected chi connectivity index (χ0v) is 12.7. The van der Waals surface area contributed by atoms with Crippen LogP contribution in [0.3, 0.4) is 0 Å². The number of nitrogens with zero attached hydrogens (tertiary/aromatic N) is 1. The molecular formula is C12H7Cl2F3N2OS. The summed E-state index contributed by atoms with van der Waals surface area (Å²) in [6.45, 7) is 1.28. The Labute approximate surface area is 131 Å². The molecule has 0 bridgehead atoms. The quantitative estimate of drug-likeness (QED) is 0.859. The van der Waals surface area contributed by atoms with E-state index in [1.54, 1.807) is 0 Å². The topological polar surface area (TPSA) is 45.8 Å². The summed E-state index contributed by atoms with van der Waals surface area (Å²) in [7, 11) is 0. The van der Waals surface area contributed by atoms with Crippen molar-refractivity contribution in [1.29, 1.82) is 0 Å². The summed E-state index contributed by atoms with van der Waals surface area (Å²) >= 11 is 12.2. The third-order valence-electron chi connectivity index (χ3n) is 2.37. The van der Waals surface area contributed by atoms with Crippen LogP contribution in [-0.2, 0) is 6.18 Å². The number of aromatic amines is 1. The first-order chi connectivity index (χ1) is 9.68. The van der Waals surface area contributed by atoms with Gasteiger partial charge in [-0.25, -0.2) is 4.98 Å². The van der Waals surface area contributed by atoms with E-state index in [4.69, 9.17) is 23.2 Å². The summed E-state index contributed by atoms with van der Waals surface area (Å²) in [4.78, 5) is 17.2. The molecule has 1 N–H and O–H groups in total. The highest BCUT2D eigenvalue weighted by atomic mass is 35.5. The van der Waals surface area contributed by atoms with Crippen molar-refractivity contribution < 1.29 is 13.2 Å². The molecule has 0 atom stereocenters. The summed E-state index contributed by atoms with van der Waals surface area (Å²) in [6, 6.07) is 4.29. The van der Waals surface area contributed by atoms with E-state index in [1.165, 1.54) is 25.1 Å². The average molecular weight is 355 g/mol. The molecule has 21 heavy (non-hydrogen) atoms. The Balaban J connectivity index is 2.53. The molecule has 3 nitrogen and oxygen atoms in total. The van der Waals surface area contributed by atoms with Crippen molar-refractivity contribution in [2.75, 3.05) is 0 Å². The number of hydrogen-bond acceptors (Lipinski definition) is 3. The lowest BCUT2D eigenvalue weighted by Crippen LogP contribution is -2.21. The summed E-state index contributed by atoms with van der Waals surface area (Å²) < 4.78 is 38.9. The number of aryl methyl sites for hydroxylation is 1. The van der Waals surface area contributed by atoms with Gasteiger partial charge in [0.25, 0.3) is 5.56 Å². The third kappa shape index (κ3) is 3.72. The molecule has 0 spiro atoms. The smallest absolute Gasteiger partial charge is 0.310 e. The number of aromatic nitrogens is 2. The van der Waals surface area contributed by atoms with Gasteiger partial charge in [-0.1, -0.05) is 35.0 Å². The SMILES string of the molecule is Cc1nc(C(F)(F)F)c(Sc2ccc(Cl)c(Cl)c2)c(=O)[nH]1. The van der Waals surface area contributed by atoms with Crippen LogP contribution in [0.15, 0.2) is 32.8 Å². The van der Waals surface area contributed by atoms with E-state index in [2.05, 4.69) is 9.97 Å². The Morgan fingerprint density at radius 2 is 1.90 bits per heavy atom. The van der Waals surface area contributed by atoms with Crippen molar-refractivity contribution >= 4 is 35.0 Å². The van der Waals surface area contributed by atoms with Gasteiger partial charge in [0.05, 0.1) is 10.0 Å². The second kappa shape index (κ2) is 5.90. The molecule has 0 unspecified atom stereocenters. The van der Waals surface area contributed by atoms with Crippen LogP contribution in [0.25, 0.3) is 0 Å². The molecule has 2 rings (SSSR count). The van der Waals surface area contributed by atoms with Crippen LogP contribution in [0.4, 0.5) is 13.2 Å². The zero-order chi connectivity index (χ0) is 15.8. The van der Waals surface area contributed by atoms with Crippen molar-refractivity contribution in [2.45, 2.75) is 22.9 Å². The molecule has 0 aliphatic carbocycles. The van der Waals surface area contributed by atoms with E-state index in [0.717, 1.165) is 0 Å². The van der Waals surface area contributed by atoms with Gasteiger partial charge < -0.3 is 4.98 Å². The molecule has 1 heterocycles. The minimum Gasteiger partial charge on any atom is -0.310 e. The Morgan fingerprint density at radius 1 is 1.24 bits per heavy atom. The Bertz CT molecular complexity index is 746. The van der Waals surface area contributed by atoms with E-state index in [-0.39, 0.29) is 15.9 Å². The molecule has 0 aliphatic heterocycles. The fourth-order valence-electron chi connectivity index (χ4n) is 1.52. The van der Waals surface area contributed by atoms with Crippen molar-refractivity contribution in [1.82, 2.24) is 9.97 Å². The van der Waals surface area contributed by atoms with Crippen LogP contribution < -0.4 is 5.56 Å². The van der Waals surface area contributed by atoms with Crippen LogP contribution in [0.1, 0.15) is 11.5 Å². The molecule has 1 aromatic carbocycles. The molecule has 0 fully saturated rings. The van der Waals surface area contributed by atoms with Gasteiger partial charge in [0.1, 0.15) is 10.7 Å². The number of H-pyrrole nitrogens is 1. The van der Waals surface area contributed by atoms with Gasteiger partial charge in [-0.3, -0.25) is 4.79 Å². The molecule has 0 amide bonds. The fraction of sp³-hybridized carbons (Fsp3) is 0.167. The number of benzene rings is 1. The molecule has 0 aliphatic rings. The van der Waals surface area contributed by atoms with Crippen molar-refractivity contribution in [3.63, 3.8) is 0 Å². The van der Waals surface area contributed by atoms with Gasteiger partial charge in [-0.2, -0.15) is 13.2 Å². The second-order valence-corrected chi connectivity index (χ2v) is 5.90. The second-order valence-electron chi connectivity index (χ2n) is 4.00. The maximum atomic E-state index is 13.0. The van der Waals surface area contributed by atoms with Crippen LogP contribution in [0.5, 0.6) is 0 Å². The normalized spacial score (nSPS) is 11.7. The lowest BCUT2D eigenvalue weighted by Gasteiger charge is -2.11. The largest absolute Gasteiger partial charge is 0.434 e. The molecule has 0 saturated heterocycles.